The minimum absolute atomic E-state index is 0.0127. The Kier molecular flexibility index (Phi) is 3.98. The number of benzene rings is 1. The van der Waals surface area contributed by atoms with Gasteiger partial charge in [-0.3, -0.25) is 0 Å². The van der Waals surface area contributed by atoms with Crippen LogP contribution in [0.5, 0.6) is 5.75 Å². The molecule has 94 valence electrons. The molecule has 0 atom stereocenters. The number of halogens is 3. The van der Waals surface area contributed by atoms with Gasteiger partial charge in [-0.25, -0.2) is 9.18 Å². The first kappa shape index (κ1) is 13.3. The molecule has 0 fully saturated rings. The van der Waals surface area contributed by atoms with Crippen LogP contribution in [0.3, 0.4) is 0 Å². The van der Waals surface area contributed by atoms with Crippen molar-refractivity contribution < 1.29 is 27.8 Å². The van der Waals surface area contributed by atoms with Gasteiger partial charge in [-0.2, -0.15) is 8.78 Å². The SMILES string of the molecule is COc1ccc(CCC(F)(F)C(=O)O)cc1F. The minimum Gasteiger partial charge on any atom is -0.494 e. The number of alkyl halides is 2. The third kappa shape index (κ3) is 3.37. The van der Waals surface area contributed by atoms with Gasteiger partial charge in [0.25, 0.3) is 0 Å². The molecule has 0 aliphatic rings. The summed E-state index contributed by atoms with van der Waals surface area (Å²) in [5.74, 6) is -6.62. The van der Waals surface area contributed by atoms with Crippen LogP contribution in [0.4, 0.5) is 13.2 Å². The van der Waals surface area contributed by atoms with Crippen molar-refractivity contribution >= 4 is 5.97 Å². The van der Waals surface area contributed by atoms with E-state index in [-0.39, 0.29) is 12.2 Å². The van der Waals surface area contributed by atoms with Crippen molar-refractivity contribution in [3.05, 3.63) is 29.6 Å². The fourth-order valence-corrected chi connectivity index (χ4v) is 1.27. The lowest BCUT2D eigenvalue weighted by molar-refractivity contribution is -0.165. The number of carboxylic acid groups (broad SMARTS) is 1. The summed E-state index contributed by atoms with van der Waals surface area (Å²) in [6.07, 6.45) is -1.09. The number of rotatable bonds is 5. The largest absolute Gasteiger partial charge is 0.494 e. The molecule has 0 bridgehead atoms. The Morgan fingerprint density at radius 3 is 2.59 bits per heavy atom. The van der Waals surface area contributed by atoms with Gasteiger partial charge < -0.3 is 9.84 Å². The van der Waals surface area contributed by atoms with E-state index in [4.69, 9.17) is 5.11 Å². The summed E-state index contributed by atoms with van der Waals surface area (Å²) in [6, 6.07) is 3.78. The van der Waals surface area contributed by atoms with Crippen LogP contribution < -0.4 is 4.74 Å². The van der Waals surface area contributed by atoms with Gasteiger partial charge >= 0.3 is 11.9 Å². The van der Waals surface area contributed by atoms with Crippen LogP contribution in [0.25, 0.3) is 0 Å². The first-order valence-electron chi connectivity index (χ1n) is 4.80. The monoisotopic (exact) mass is 248 g/mol. The number of aryl methyl sites for hydroxylation is 1. The van der Waals surface area contributed by atoms with Crippen molar-refractivity contribution in [2.45, 2.75) is 18.8 Å². The highest BCUT2D eigenvalue weighted by Gasteiger charge is 2.37. The van der Waals surface area contributed by atoms with Crippen LogP contribution in [0, 0.1) is 5.82 Å². The molecule has 1 aromatic carbocycles. The Labute approximate surface area is 95.8 Å². The number of carbonyl (C=O) groups is 1. The van der Waals surface area contributed by atoms with Crippen LogP contribution in [-0.2, 0) is 11.2 Å². The van der Waals surface area contributed by atoms with Crippen molar-refractivity contribution in [2.24, 2.45) is 0 Å². The van der Waals surface area contributed by atoms with Crippen molar-refractivity contribution in [3.63, 3.8) is 0 Å². The van der Waals surface area contributed by atoms with E-state index in [0.717, 1.165) is 6.07 Å². The summed E-state index contributed by atoms with van der Waals surface area (Å²) in [5.41, 5.74) is 0.296. The molecule has 6 heteroatoms. The van der Waals surface area contributed by atoms with Crippen molar-refractivity contribution in [3.8, 4) is 5.75 Å². The summed E-state index contributed by atoms with van der Waals surface area (Å²) in [6.45, 7) is 0. The van der Waals surface area contributed by atoms with Crippen LogP contribution in [0.1, 0.15) is 12.0 Å². The van der Waals surface area contributed by atoms with Gasteiger partial charge in [-0.05, 0) is 24.1 Å². The van der Waals surface area contributed by atoms with Crippen LogP contribution in [-0.4, -0.2) is 24.1 Å². The molecule has 0 heterocycles. The fraction of sp³-hybridized carbons (Fsp3) is 0.364. The van der Waals surface area contributed by atoms with E-state index >= 15 is 0 Å². The molecule has 1 aromatic rings. The van der Waals surface area contributed by atoms with Gasteiger partial charge in [-0.15, -0.1) is 0 Å². The lowest BCUT2D eigenvalue weighted by Crippen LogP contribution is -2.28. The maximum absolute atomic E-state index is 13.2. The molecule has 17 heavy (non-hydrogen) atoms. The molecule has 3 nitrogen and oxygen atoms in total. The summed E-state index contributed by atoms with van der Waals surface area (Å²) >= 11 is 0. The van der Waals surface area contributed by atoms with E-state index < -0.39 is 24.1 Å². The fourth-order valence-electron chi connectivity index (χ4n) is 1.27. The Morgan fingerprint density at radius 1 is 1.47 bits per heavy atom. The number of methoxy groups -OCH3 is 1. The first-order valence-corrected chi connectivity index (χ1v) is 4.80. The van der Waals surface area contributed by atoms with Gasteiger partial charge in [-0.1, -0.05) is 6.07 Å². The summed E-state index contributed by atoms with van der Waals surface area (Å²) in [5, 5.41) is 8.21. The normalized spacial score (nSPS) is 11.3. The summed E-state index contributed by atoms with van der Waals surface area (Å²) in [7, 11) is 1.29. The van der Waals surface area contributed by atoms with E-state index in [0.29, 0.717) is 5.56 Å². The van der Waals surface area contributed by atoms with E-state index in [1.807, 2.05) is 0 Å². The van der Waals surface area contributed by atoms with Crippen LogP contribution >= 0.6 is 0 Å². The Bertz CT molecular complexity index is 418. The maximum Gasteiger partial charge on any atom is 0.374 e. The molecule has 0 spiro atoms. The van der Waals surface area contributed by atoms with E-state index in [2.05, 4.69) is 4.74 Å². The average Bonchev–Trinajstić information content (AvgIpc) is 2.26. The zero-order chi connectivity index (χ0) is 13.1. The average molecular weight is 248 g/mol. The van der Waals surface area contributed by atoms with Gasteiger partial charge in [0.1, 0.15) is 0 Å². The molecule has 0 radical (unpaired) electrons. The number of carboxylic acids is 1. The second kappa shape index (κ2) is 5.07. The lowest BCUT2D eigenvalue weighted by Gasteiger charge is -2.11. The summed E-state index contributed by atoms with van der Waals surface area (Å²) in [4.78, 5) is 10.2. The molecule has 0 unspecified atom stereocenters. The Hall–Kier alpha value is -1.72. The highest BCUT2D eigenvalue weighted by molar-refractivity contribution is 5.75. The Morgan fingerprint density at radius 2 is 2.12 bits per heavy atom. The molecular weight excluding hydrogens is 237 g/mol. The molecule has 0 saturated carbocycles. The van der Waals surface area contributed by atoms with E-state index in [1.54, 1.807) is 0 Å². The third-order valence-electron chi connectivity index (χ3n) is 2.26. The van der Waals surface area contributed by atoms with E-state index in [1.165, 1.54) is 19.2 Å². The third-order valence-corrected chi connectivity index (χ3v) is 2.26. The molecule has 0 aliphatic carbocycles. The highest BCUT2D eigenvalue weighted by Crippen LogP contribution is 2.23. The smallest absolute Gasteiger partial charge is 0.374 e. The molecule has 0 aromatic heterocycles. The Balaban J connectivity index is 2.71. The van der Waals surface area contributed by atoms with Gasteiger partial charge in [0, 0.05) is 6.42 Å². The van der Waals surface area contributed by atoms with Crippen molar-refractivity contribution in [1.29, 1.82) is 0 Å². The second-order valence-corrected chi connectivity index (χ2v) is 3.48. The molecule has 0 aliphatic heterocycles. The quantitative estimate of drug-likeness (QED) is 0.870. The van der Waals surface area contributed by atoms with Gasteiger partial charge in [0.15, 0.2) is 11.6 Å². The van der Waals surface area contributed by atoms with Crippen molar-refractivity contribution in [1.82, 2.24) is 0 Å². The van der Waals surface area contributed by atoms with Crippen LogP contribution in [0.2, 0.25) is 0 Å². The lowest BCUT2D eigenvalue weighted by atomic mass is 10.1. The predicted octanol–water partition coefficient (Wildman–Crippen LogP) is 2.49. The zero-order valence-electron chi connectivity index (χ0n) is 9.04. The van der Waals surface area contributed by atoms with E-state index in [9.17, 15) is 18.0 Å². The van der Waals surface area contributed by atoms with Crippen molar-refractivity contribution in [2.75, 3.05) is 7.11 Å². The number of hydrogen-bond donors (Lipinski definition) is 1. The maximum atomic E-state index is 13.2. The molecule has 0 saturated heterocycles. The van der Waals surface area contributed by atoms with Gasteiger partial charge in [0.05, 0.1) is 7.11 Å². The predicted molar refractivity (Wildman–Crippen MR) is 53.9 cm³/mol. The van der Waals surface area contributed by atoms with Crippen LogP contribution in [0.15, 0.2) is 18.2 Å². The second-order valence-electron chi connectivity index (χ2n) is 3.48. The summed E-state index contributed by atoms with van der Waals surface area (Å²) < 4.78 is 43.4. The molecule has 1 rings (SSSR count). The molecule has 1 N–H and O–H groups in total. The highest BCUT2D eigenvalue weighted by atomic mass is 19.3. The molecular formula is C11H11F3O3. The number of ether oxygens (including phenoxy) is 1. The molecule has 0 amide bonds. The number of aliphatic carboxylic acids is 1. The first-order chi connectivity index (χ1) is 7.86. The zero-order valence-corrected chi connectivity index (χ0v) is 9.04. The standard InChI is InChI=1S/C11H11F3O3/c1-17-9-3-2-7(6-8(9)12)4-5-11(13,14)10(15)16/h2-3,6H,4-5H2,1H3,(H,15,16). The van der Waals surface area contributed by atoms with Gasteiger partial charge in [0.2, 0.25) is 0 Å². The number of hydrogen-bond acceptors (Lipinski definition) is 2. The topological polar surface area (TPSA) is 46.5 Å². The minimum atomic E-state index is -3.80.